The van der Waals surface area contributed by atoms with E-state index >= 15 is 0 Å². The zero-order chi connectivity index (χ0) is 16.9. The molecule has 124 valence electrons. The number of carbonyl (C=O) groups is 1. The van der Waals surface area contributed by atoms with Crippen molar-refractivity contribution >= 4 is 28.1 Å². The maximum Gasteiger partial charge on any atom is 0.251 e. The molecule has 0 bridgehead atoms. The summed E-state index contributed by atoms with van der Waals surface area (Å²) in [6, 6.07) is 3.34. The highest BCUT2D eigenvalue weighted by atomic mass is 32.1. The number of primary amides is 1. The SMILES string of the molecule is C#Cc1cc(C(N)=O)c(Nc2ccnc(CN3CCOCC3)n2)s1. The second-order valence-electron chi connectivity index (χ2n) is 5.23. The highest BCUT2D eigenvalue weighted by Gasteiger charge is 2.15. The van der Waals surface area contributed by atoms with E-state index in [0.717, 1.165) is 26.3 Å². The number of hydrogen-bond acceptors (Lipinski definition) is 7. The standard InChI is InChI=1S/C16H17N5O2S/c1-2-11-9-12(15(17)22)16(24-11)20-13-3-4-18-14(19-13)10-21-5-7-23-8-6-21/h1,3-4,9H,5-8,10H2,(H2,17,22)(H,18,19,20). The van der Waals surface area contributed by atoms with Gasteiger partial charge in [0.1, 0.15) is 16.6 Å². The minimum Gasteiger partial charge on any atom is -0.379 e. The highest BCUT2D eigenvalue weighted by molar-refractivity contribution is 7.17. The summed E-state index contributed by atoms with van der Waals surface area (Å²) in [6.07, 6.45) is 7.08. The molecular formula is C16H17N5O2S. The number of aromatic nitrogens is 2. The van der Waals surface area contributed by atoms with Crippen LogP contribution in [0.3, 0.4) is 0 Å². The molecule has 0 unspecified atom stereocenters. The van der Waals surface area contributed by atoms with Gasteiger partial charge in [0.05, 0.1) is 30.2 Å². The number of thiophene rings is 1. The molecule has 0 radical (unpaired) electrons. The maximum absolute atomic E-state index is 11.5. The third kappa shape index (κ3) is 3.89. The lowest BCUT2D eigenvalue weighted by molar-refractivity contribution is 0.0331. The molecule has 0 saturated carbocycles. The normalized spacial score (nSPS) is 15.0. The quantitative estimate of drug-likeness (QED) is 0.792. The molecule has 1 amide bonds. The van der Waals surface area contributed by atoms with E-state index in [1.165, 1.54) is 11.3 Å². The van der Waals surface area contributed by atoms with Gasteiger partial charge in [-0.3, -0.25) is 9.69 Å². The number of carbonyl (C=O) groups excluding carboxylic acids is 1. The molecule has 0 aliphatic carbocycles. The van der Waals surface area contributed by atoms with Crippen LogP contribution in [0.1, 0.15) is 21.1 Å². The Morgan fingerprint density at radius 2 is 2.29 bits per heavy atom. The van der Waals surface area contributed by atoms with Crippen LogP contribution in [-0.2, 0) is 11.3 Å². The van der Waals surface area contributed by atoms with Crippen LogP contribution in [0.5, 0.6) is 0 Å². The topological polar surface area (TPSA) is 93.4 Å². The Bertz CT molecular complexity index is 777. The van der Waals surface area contributed by atoms with E-state index in [1.54, 1.807) is 18.3 Å². The smallest absolute Gasteiger partial charge is 0.251 e. The molecular weight excluding hydrogens is 326 g/mol. The predicted octanol–water partition coefficient (Wildman–Crippen LogP) is 1.19. The van der Waals surface area contributed by atoms with Gasteiger partial charge >= 0.3 is 0 Å². The first-order valence-corrected chi connectivity index (χ1v) is 8.26. The van der Waals surface area contributed by atoms with E-state index in [1.807, 2.05) is 0 Å². The number of nitrogens with two attached hydrogens (primary N) is 1. The average molecular weight is 343 g/mol. The lowest BCUT2D eigenvalue weighted by Gasteiger charge is -2.25. The molecule has 1 fully saturated rings. The van der Waals surface area contributed by atoms with E-state index in [4.69, 9.17) is 16.9 Å². The van der Waals surface area contributed by atoms with Crippen molar-refractivity contribution < 1.29 is 9.53 Å². The van der Waals surface area contributed by atoms with Crippen LogP contribution in [0, 0.1) is 12.3 Å². The Morgan fingerprint density at radius 1 is 1.50 bits per heavy atom. The first-order valence-electron chi connectivity index (χ1n) is 7.45. The second kappa shape index (κ2) is 7.40. The number of ether oxygens (including phenoxy) is 1. The first-order chi connectivity index (χ1) is 11.7. The van der Waals surface area contributed by atoms with Crippen LogP contribution >= 0.6 is 11.3 Å². The highest BCUT2D eigenvalue weighted by Crippen LogP contribution is 2.29. The van der Waals surface area contributed by atoms with Crippen LogP contribution < -0.4 is 11.1 Å². The van der Waals surface area contributed by atoms with Crippen LogP contribution in [-0.4, -0.2) is 47.1 Å². The summed E-state index contributed by atoms with van der Waals surface area (Å²) >= 11 is 1.29. The van der Waals surface area contributed by atoms with Gasteiger partial charge in [0.15, 0.2) is 0 Å². The van der Waals surface area contributed by atoms with Gasteiger partial charge in [-0.1, -0.05) is 5.92 Å². The fourth-order valence-corrected chi connectivity index (χ4v) is 3.24. The largest absolute Gasteiger partial charge is 0.379 e. The summed E-state index contributed by atoms with van der Waals surface area (Å²) in [6.45, 7) is 3.84. The van der Waals surface area contributed by atoms with Crippen molar-refractivity contribution in [1.29, 1.82) is 0 Å². The van der Waals surface area contributed by atoms with Crippen LogP contribution in [0.15, 0.2) is 18.3 Å². The second-order valence-corrected chi connectivity index (χ2v) is 6.29. The number of nitrogens with one attached hydrogen (secondary N) is 1. The predicted molar refractivity (Wildman–Crippen MR) is 92.2 cm³/mol. The number of anilines is 2. The van der Waals surface area contributed by atoms with Crippen LogP contribution in [0.2, 0.25) is 0 Å². The Morgan fingerprint density at radius 3 is 3.00 bits per heavy atom. The Balaban J connectivity index is 1.76. The minimum absolute atomic E-state index is 0.362. The molecule has 7 nitrogen and oxygen atoms in total. The number of rotatable bonds is 5. The van der Waals surface area contributed by atoms with Gasteiger partial charge in [-0.2, -0.15) is 0 Å². The van der Waals surface area contributed by atoms with Crippen molar-refractivity contribution in [2.75, 3.05) is 31.6 Å². The van der Waals surface area contributed by atoms with Gasteiger partial charge in [-0.15, -0.1) is 17.8 Å². The van der Waals surface area contributed by atoms with E-state index in [0.29, 0.717) is 33.6 Å². The third-order valence-electron chi connectivity index (χ3n) is 3.56. The molecule has 1 aliphatic heterocycles. The van der Waals surface area contributed by atoms with Crippen LogP contribution in [0.25, 0.3) is 0 Å². The summed E-state index contributed by atoms with van der Waals surface area (Å²) in [4.78, 5) is 23.2. The maximum atomic E-state index is 11.5. The van der Waals surface area contributed by atoms with E-state index in [9.17, 15) is 4.79 Å². The molecule has 2 aromatic heterocycles. The van der Waals surface area contributed by atoms with E-state index < -0.39 is 5.91 Å². The molecule has 1 aliphatic rings. The molecule has 3 rings (SSSR count). The fourth-order valence-electron chi connectivity index (χ4n) is 2.36. The van der Waals surface area contributed by atoms with Crippen molar-refractivity contribution in [2.24, 2.45) is 5.73 Å². The monoisotopic (exact) mass is 343 g/mol. The summed E-state index contributed by atoms with van der Waals surface area (Å²) in [5.41, 5.74) is 5.76. The molecule has 0 spiro atoms. The average Bonchev–Trinajstić information content (AvgIpc) is 2.99. The number of hydrogen-bond donors (Lipinski definition) is 2. The zero-order valence-electron chi connectivity index (χ0n) is 13.0. The molecule has 8 heteroatoms. The molecule has 2 aromatic rings. The molecule has 0 aromatic carbocycles. The summed E-state index contributed by atoms with van der Waals surface area (Å²) in [5, 5.41) is 3.70. The molecule has 1 saturated heterocycles. The Kier molecular flexibility index (Phi) is 5.05. The van der Waals surface area contributed by atoms with Crippen molar-refractivity contribution in [1.82, 2.24) is 14.9 Å². The lowest BCUT2D eigenvalue weighted by atomic mass is 10.3. The van der Waals surface area contributed by atoms with E-state index in [-0.39, 0.29) is 0 Å². The number of terminal acetylenes is 1. The molecule has 3 N–H and O–H groups in total. The van der Waals surface area contributed by atoms with Gasteiger partial charge in [-0.25, -0.2) is 9.97 Å². The minimum atomic E-state index is -0.530. The zero-order valence-corrected chi connectivity index (χ0v) is 13.8. The van der Waals surface area contributed by atoms with Crippen molar-refractivity contribution in [3.8, 4) is 12.3 Å². The van der Waals surface area contributed by atoms with Gasteiger partial charge < -0.3 is 15.8 Å². The van der Waals surface area contributed by atoms with E-state index in [2.05, 4.69) is 26.1 Å². The molecule has 0 atom stereocenters. The first kappa shape index (κ1) is 16.4. The van der Waals surface area contributed by atoms with Crippen molar-refractivity contribution in [3.63, 3.8) is 0 Å². The fraction of sp³-hybridized carbons (Fsp3) is 0.312. The Labute approximate surface area is 143 Å². The van der Waals surface area contributed by atoms with Gasteiger partial charge in [-0.05, 0) is 12.1 Å². The summed E-state index contributed by atoms with van der Waals surface area (Å²) in [7, 11) is 0. The lowest BCUT2D eigenvalue weighted by Crippen LogP contribution is -2.36. The Hall–Kier alpha value is -2.47. The number of morpholine rings is 1. The van der Waals surface area contributed by atoms with Gasteiger partial charge in [0, 0.05) is 19.3 Å². The van der Waals surface area contributed by atoms with Crippen LogP contribution in [0.4, 0.5) is 10.8 Å². The van der Waals surface area contributed by atoms with Gasteiger partial charge in [0.2, 0.25) is 0 Å². The van der Waals surface area contributed by atoms with Crippen molar-refractivity contribution in [3.05, 3.63) is 34.6 Å². The number of amides is 1. The molecule has 24 heavy (non-hydrogen) atoms. The van der Waals surface area contributed by atoms with Crippen molar-refractivity contribution in [2.45, 2.75) is 6.54 Å². The summed E-state index contributed by atoms with van der Waals surface area (Å²) < 4.78 is 5.34. The molecule has 3 heterocycles. The third-order valence-corrected chi connectivity index (χ3v) is 4.54. The number of nitrogens with zero attached hydrogens (tertiary/aromatic N) is 3. The van der Waals surface area contributed by atoms with Gasteiger partial charge in [0.25, 0.3) is 5.91 Å². The summed E-state index contributed by atoms with van der Waals surface area (Å²) in [5.74, 6) is 3.29.